The van der Waals surface area contributed by atoms with E-state index in [1.54, 1.807) is 32.5 Å². The summed E-state index contributed by atoms with van der Waals surface area (Å²) in [5, 5.41) is 5.16. The summed E-state index contributed by atoms with van der Waals surface area (Å²) >= 11 is 12.1. The first kappa shape index (κ1) is 16.5. The van der Waals surface area contributed by atoms with Gasteiger partial charge in [-0.3, -0.25) is 0 Å². The van der Waals surface area contributed by atoms with Crippen molar-refractivity contribution in [2.24, 2.45) is 5.10 Å². The monoisotopic (exact) mass is 338 g/mol. The first-order valence-electron chi connectivity index (χ1n) is 6.59. The van der Waals surface area contributed by atoms with Gasteiger partial charge in [-0.25, -0.2) is 0 Å². The normalized spacial score (nSPS) is 10.7. The Balaban J connectivity index is 2.25. The van der Waals surface area contributed by atoms with E-state index in [1.165, 1.54) is 0 Å². The Morgan fingerprint density at radius 1 is 1.23 bits per heavy atom. The fourth-order valence-electron chi connectivity index (χ4n) is 1.87. The fourth-order valence-corrected chi connectivity index (χ4v) is 2.34. The summed E-state index contributed by atoms with van der Waals surface area (Å²) in [7, 11) is 3.32. The first-order valence-corrected chi connectivity index (χ1v) is 7.35. The van der Waals surface area contributed by atoms with E-state index in [1.807, 2.05) is 24.3 Å². The minimum Gasteiger partial charge on any atom is -0.493 e. The number of methoxy groups -OCH3 is 1. The molecule has 0 fully saturated rings. The molecule has 0 radical (unpaired) electrons. The molecule has 2 rings (SSSR count). The summed E-state index contributed by atoms with van der Waals surface area (Å²) in [6.45, 7) is 0.302. The van der Waals surface area contributed by atoms with Gasteiger partial charge in [0.15, 0.2) is 11.5 Å². The van der Waals surface area contributed by atoms with E-state index in [0.29, 0.717) is 28.2 Å². The molecule has 0 aromatic heterocycles. The van der Waals surface area contributed by atoms with E-state index < -0.39 is 0 Å². The molecule has 0 aliphatic carbocycles. The summed E-state index contributed by atoms with van der Waals surface area (Å²) < 4.78 is 11.2. The molecule has 0 bridgehead atoms. The zero-order valence-electron chi connectivity index (χ0n) is 12.3. The summed E-state index contributed by atoms with van der Waals surface area (Å²) in [6, 6.07) is 10.9. The molecule has 4 nitrogen and oxygen atoms in total. The number of hydrazone groups is 1. The molecule has 0 atom stereocenters. The fraction of sp³-hybridized carbons (Fsp3) is 0.188. The highest BCUT2D eigenvalue weighted by Gasteiger charge is 2.11. The number of ether oxygens (including phenoxy) is 2. The Morgan fingerprint density at radius 3 is 2.73 bits per heavy atom. The maximum atomic E-state index is 6.16. The van der Waals surface area contributed by atoms with Crippen molar-refractivity contribution < 1.29 is 9.47 Å². The van der Waals surface area contributed by atoms with Crippen LogP contribution in [-0.2, 0) is 6.61 Å². The van der Waals surface area contributed by atoms with Crippen molar-refractivity contribution in [3.05, 3.63) is 57.6 Å². The van der Waals surface area contributed by atoms with Gasteiger partial charge >= 0.3 is 0 Å². The molecule has 0 spiro atoms. The summed E-state index contributed by atoms with van der Waals surface area (Å²) in [5.41, 5.74) is 4.35. The van der Waals surface area contributed by atoms with E-state index in [4.69, 9.17) is 32.7 Å². The smallest absolute Gasteiger partial charge is 0.170 e. The molecular formula is C16H16Cl2N2O2. The van der Waals surface area contributed by atoms with Gasteiger partial charge in [0.2, 0.25) is 0 Å². The highest BCUT2D eigenvalue weighted by molar-refractivity contribution is 6.35. The molecular weight excluding hydrogens is 323 g/mol. The van der Waals surface area contributed by atoms with Gasteiger partial charge in [-0.1, -0.05) is 35.3 Å². The van der Waals surface area contributed by atoms with Crippen LogP contribution >= 0.6 is 23.2 Å². The van der Waals surface area contributed by atoms with Crippen molar-refractivity contribution in [3.8, 4) is 11.5 Å². The third kappa shape index (κ3) is 4.06. The van der Waals surface area contributed by atoms with E-state index in [0.717, 1.165) is 11.1 Å². The van der Waals surface area contributed by atoms with Gasteiger partial charge in [0.05, 0.1) is 13.3 Å². The maximum Gasteiger partial charge on any atom is 0.170 e. The predicted molar refractivity (Wildman–Crippen MR) is 90.4 cm³/mol. The lowest BCUT2D eigenvalue weighted by Gasteiger charge is -2.14. The molecule has 0 amide bonds. The standard InChI is InChI=1S/C16H16Cl2N2O2/c1-19-20-9-11-4-3-5-15(21-2)16(11)22-10-12-6-7-13(17)8-14(12)18/h3-9,19H,10H2,1-2H3/b20-9+. The van der Waals surface area contributed by atoms with E-state index >= 15 is 0 Å². The molecule has 0 saturated carbocycles. The van der Waals surface area contributed by atoms with Gasteiger partial charge in [-0.2, -0.15) is 5.10 Å². The molecule has 2 aromatic rings. The Kier molecular flexibility index (Phi) is 5.92. The van der Waals surface area contributed by atoms with Crippen molar-refractivity contribution >= 4 is 29.4 Å². The quantitative estimate of drug-likeness (QED) is 0.636. The first-order chi connectivity index (χ1) is 10.7. The highest BCUT2D eigenvalue weighted by Crippen LogP contribution is 2.31. The molecule has 0 aliphatic heterocycles. The molecule has 0 heterocycles. The Labute approximate surface area is 139 Å². The summed E-state index contributed by atoms with van der Waals surface area (Å²) in [4.78, 5) is 0. The number of halogens is 2. The van der Waals surface area contributed by atoms with E-state index in [2.05, 4.69) is 10.5 Å². The van der Waals surface area contributed by atoms with Gasteiger partial charge in [-0.05, 0) is 24.3 Å². The van der Waals surface area contributed by atoms with Crippen LogP contribution in [0, 0.1) is 0 Å². The van der Waals surface area contributed by atoms with Crippen molar-refractivity contribution in [1.29, 1.82) is 0 Å². The minimum atomic E-state index is 0.302. The summed E-state index contributed by atoms with van der Waals surface area (Å²) in [5.74, 6) is 1.24. The van der Waals surface area contributed by atoms with Crippen LogP contribution in [0.1, 0.15) is 11.1 Å². The average Bonchev–Trinajstić information content (AvgIpc) is 2.52. The van der Waals surface area contributed by atoms with Crippen LogP contribution in [0.4, 0.5) is 0 Å². The van der Waals surface area contributed by atoms with Crippen LogP contribution in [0.5, 0.6) is 11.5 Å². The predicted octanol–water partition coefficient (Wildman–Crippen LogP) is 4.13. The van der Waals surface area contributed by atoms with Crippen LogP contribution in [0.3, 0.4) is 0 Å². The van der Waals surface area contributed by atoms with Gasteiger partial charge in [0, 0.05) is 28.2 Å². The van der Waals surface area contributed by atoms with Crippen molar-refractivity contribution in [2.45, 2.75) is 6.61 Å². The van der Waals surface area contributed by atoms with Crippen LogP contribution in [0.25, 0.3) is 0 Å². The lowest BCUT2D eigenvalue weighted by atomic mass is 10.2. The van der Waals surface area contributed by atoms with Gasteiger partial charge in [-0.15, -0.1) is 0 Å². The SMILES string of the molecule is CN/N=C/c1cccc(OC)c1OCc1ccc(Cl)cc1Cl. The van der Waals surface area contributed by atoms with E-state index in [-0.39, 0.29) is 0 Å². The number of hydrogen-bond donors (Lipinski definition) is 1. The number of para-hydroxylation sites is 1. The van der Waals surface area contributed by atoms with E-state index in [9.17, 15) is 0 Å². The molecule has 0 unspecified atom stereocenters. The second kappa shape index (κ2) is 7.92. The number of nitrogens with zero attached hydrogens (tertiary/aromatic N) is 1. The van der Waals surface area contributed by atoms with Crippen molar-refractivity contribution in [1.82, 2.24) is 5.43 Å². The second-order valence-corrected chi connectivity index (χ2v) is 5.23. The number of rotatable bonds is 6. The molecule has 0 saturated heterocycles. The van der Waals surface area contributed by atoms with Crippen LogP contribution in [0.2, 0.25) is 10.0 Å². The average molecular weight is 339 g/mol. The molecule has 22 heavy (non-hydrogen) atoms. The Bertz CT molecular complexity index is 675. The zero-order chi connectivity index (χ0) is 15.9. The molecule has 116 valence electrons. The van der Waals surface area contributed by atoms with Gasteiger partial charge < -0.3 is 14.9 Å². The molecule has 6 heteroatoms. The van der Waals surface area contributed by atoms with Gasteiger partial charge in [0.25, 0.3) is 0 Å². The topological polar surface area (TPSA) is 42.9 Å². The van der Waals surface area contributed by atoms with Crippen molar-refractivity contribution in [2.75, 3.05) is 14.2 Å². The maximum absolute atomic E-state index is 6.16. The third-order valence-corrected chi connectivity index (χ3v) is 3.54. The molecule has 0 aliphatic rings. The largest absolute Gasteiger partial charge is 0.493 e. The minimum absolute atomic E-state index is 0.302. The van der Waals surface area contributed by atoms with Crippen LogP contribution in [-0.4, -0.2) is 20.4 Å². The van der Waals surface area contributed by atoms with Crippen LogP contribution < -0.4 is 14.9 Å². The Morgan fingerprint density at radius 2 is 2.05 bits per heavy atom. The molecule has 2 aromatic carbocycles. The Hall–Kier alpha value is -1.91. The summed E-state index contributed by atoms with van der Waals surface area (Å²) in [6.07, 6.45) is 1.67. The van der Waals surface area contributed by atoms with Crippen molar-refractivity contribution in [3.63, 3.8) is 0 Å². The number of hydrogen-bond acceptors (Lipinski definition) is 4. The van der Waals surface area contributed by atoms with Gasteiger partial charge in [0.1, 0.15) is 6.61 Å². The number of benzene rings is 2. The molecule has 1 N–H and O–H groups in total. The van der Waals surface area contributed by atoms with Crippen LogP contribution in [0.15, 0.2) is 41.5 Å². The second-order valence-electron chi connectivity index (χ2n) is 4.38. The lowest BCUT2D eigenvalue weighted by Crippen LogP contribution is -2.02. The number of nitrogens with one attached hydrogen (secondary N) is 1. The third-order valence-electron chi connectivity index (χ3n) is 2.95. The lowest BCUT2D eigenvalue weighted by molar-refractivity contribution is 0.284. The zero-order valence-corrected chi connectivity index (χ0v) is 13.8. The highest BCUT2D eigenvalue weighted by atomic mass is 35.5.